The Balaban J connectivity index is 2.36. The van der Waals surface area contributed by atoms with Crippen LogP contribution >= 0.6 is 0 Å². The Hall–Kier alpha value is -3.67. The van der Waals surface area contributed by atoms with E-state index in [1.54, 1.807) is 12.1 Å². The number of carbonyl (C=O) groups excluding carboxylic acids is 2. The molecule has 0 bridgehead atoms. The number of ether oxygens (including phenoxy) is 1. The maximum atomic E-state index is 12.8. The number of nitrogens with one attached hydrogen (secondary N) is 2. The van der Waals surface area contributed by atoms with E-state index in [0.717, 1.165) is 18.4 Å². The summed E-state index contributed by atoms with van der Waals surface area (Å²) in [5.74, 6) is -1.11. The molecule has 0 aliphatic carbocycles. The lowest BCUT2D eigenvalue weighted by Crippen LogP contribution is -2.38. The van der Waals surface area contributed by atoms with Crippen molar-refractivity contribution < 1.29 is 27.7 Å². The molecule has 0 saturated carbocycles. The van der Waals surface area contributed by atoms with Gasteiger partial charge in [0.15, 0.2) is 0 Å². The van der Waals surface area contributed by atoms with Gasteiger partial charge in [0.05, 0.1) is 29.5 Å². The molecule has 1 atom stereocenters. The first kappa shape index (κ1) is 25.6. The number of carbonyl (C=O) groups is 2. The first-order valence-corrected chi connectivity index (χ1v) is 11.8. The van der Waals surface area contributed by atoms with Gasteiger partial charge in [-0.3, -0.25) is 24.0 Å². The lowest BCUT2D eigenvalue weighted by atomic mass is 10.1. The minimum atomic E-state index is -4.04. The monoisotopic (exact) mass is 478 g/mol. The molecule has 0 unspecified atom stereocenters. The fourth-order valence-electron chi connectivity index (χ4n) is 2.88. The van der Waals surface area contributed by atoms with Gasteiger partial charge in [-0.15, -0.1) is 0 Å². The van der Waals surface area contributed by atoms with Gasteiger partial charge in [-0.05, 0) is 31.5 Å². The quantitative estimate of drug-likeness (QED) is 0.394. The summed E-state index contributed by atoms with van der Waals surface area (Å²) in [5.41, 5.74) is -0.119. The largest absolute Gasteiger partial charge is 0.495 e. The molecule has 12 heteroatoms. The minimum Gasteiger partial charge on any atom is -0.495 e. The van der Waals surface area contributed by atoms with Crippen LogP contribution in [0.2, 0.25) is 0 Å². The predicted octanol–water partition coefficient (Wildman–Crippen LogP) is 2.54. The third-order valence-corrected chi connectivity index (χ3v) is 5.89. The molecular formula is C21H26N4O7S. The minimum absolute atomic E-state index is 0.0344. The first-order chi connectivity index (χ1) is 15.5. The van der Waals surface area contributed by atoms with Crippen LogP contribution in [-0.2, 0) is 14.8 Å². The van der Waals surface area contributed by atoms with E-state index in [9.17, 15) is 28.1 Å². The van der Waals surface area contributed by atoms with E-state index in [1.165, 1.54) is 25.3 Å². The summed E-state index contributed by atoms with van der Waals surface area (Å²) in [4.78, 5) is 35.8. The third kappa shape index (κ3) is 6.65. The number of methoxy groups -OCH3 is 1. The van der Waals surface area contributed by atoms with Crippen molar-refractivity contribution in [2.24, 2.45) is 0 Å². The summed E-state index contributed by atoms with van der Waals surface area (Å²) in [7, 11) is -2.76. The smallest absolute Gasteiger partial charge is 0.271 e. The molecule has 178 valence electrons. The van der Waals surface area contributed by atoms with E-state index < -0.39 is 27.4 Å². The highest BCUT2D eigenvalue weighted by atomic mass is 32.2. The highest BCUT2D eigenvalue weighted by molar-refractivity contribution is 7.92. The van der Waals surface area contributed by atoms with Gasteiger partial charge in [0.2, 0.25) is 15.9 Å². The molecule has 0 heterocycles. The van der Waals surface area contributed by atoms with Gasteiger partial charge >= 0.3 is 0 Å². The molecule has 2 N–H and O–H groups in total. The molecule has 0 spiro atoms. The van der Waals surface area contributed by atoms with Gasteiger partial charge in [0.25, 0.3) is 11.6 Å². The Morgan fingerprint density at radius 3 is 2.45 bits per heavy atom. The van der Waals surface area contributed by atoms with E-state index in [1.807, 2.05) is 13.8 Å². The number of sulfonamides is 1. The van der Waals surface area contributed by atoms with Crippen molar-refractivity contribution in [3.63, 3.8) is 0 Å². The maximum absolute atomic E-state index is 12.8. The van der Waals surface area contributed by atoms with E-state index >= 15 is 0 Å². The number of amides is 2. The fourth-order valence-corrected chi connectivity index (χ4v) is 3.73. The summed E-state index contributed by atoms with van der Waals surface area (Å²) in [6.45, 7) is 3.06. The average Bonchev–Trinajstić information content (AvgIpc) is 2.76. The normalized spacial score (nSPS) is 11.9. The van der Waals surface area contributed by atoms with Crippen LogP contribution in [0.3, 0.4) is 0 Å². The molecule has 0 aliphatic heterocycles. The molecule has 33 heavy (non-hydrogen) atoms. The standard InChI is InChI=1S/C21H26N4O7S/c1-5-14(2)22-21(27)16-8-6-7-9-17(16)23-20(26)13-24(33(4,30)31)18-12-15(25(28)29)10-11-19(18)32-3/h6-12,14H,5,13H2,1-4H3,(H,22,27)(H,23,26)/t14-/m1/s1. The van der Waals surface area contributed by atoms with E-state index in [2.05, 4.69) is 10.6 Å². The van der Waals surface area contributed by atoms with Crippen LogP contribution in [0.1, 0.15) is 30.6 Å². The molecule has 0 radical (unpaired) electrons. The Labute approximate surface area is 191 Å². The summed E-state index contributed by atoms with van der Waals surface area (Å²) >= 11 is 0. The number of rotatable bonds is 10. The van der Waals surface area contributed by atoms with Crippen LogP contribution in [0, 0.1) is 10.1 Å². The van der Waals surface area contributed by atoms with Crippen LogP contribution in [-0.4, -0.2) is 51.1 Å². The number of nitro benzene ring substituents is 1. The zero-order valence-corrected chi connectivity index (χ0v) is 19.5. The molecule has 0 aromatic heterocycles. The summed E-state index contributed by atoms with van der Waals surface area (Å²) in [6.07, 6.45) is 1.58. The Morgan fingerprint density at radius 1 is 1.21 bits per heavy atom. The maximum Gasteiger partial charge on any atom is 0.271 e. The molecule has 11 nitrogen and oxygen atoms in total. The number of para-hydroxylation sites is 1. The van der Waals surface area contributed by atoms with E-state index in [0.29, 0.717) is 10.7 Å². The number of nitro groups is 1. The zero-order chi connectivity index (χ0) is 24.8. The van der Waals surface area contributed by atoms with Crippen molar-refractivity contribution in [3.05, 3.63) is 58.1 Å². The molecule has 2 amide bonds. The fraction of sp³-hybridized carbons (Fsp3) is 0.333. The Morgan fingerprint density at radius 2 is 1.88 bits per heavy atom. The van der Waals surface area contributed by atoms with Crippen molar-refractivity contribution in [2.45, 2.75) is 26.3 Å². The first-order valence-electron chi connectivity index (χ1n) is 9.97. The van der Waals surface area contributed by atoms with Crippen LogP contribution in [0.5, 0.6) is 5.75 Å². The average molecular weight is 479 g/mol. The van der Waals surface area contributed by atoms with E-state index in [4.69, 9.17) is 4.74 Å². The Kier molecular flexibility index (Phi) is 8.35. The van der Waals surface area contributed by atoms with Crippen molar-refractivity contribution in [1.82, 2.24) is 5.32 Å². The number of nitrogens with zero attached hydrogens (tertiary/aromatic N) is 2. The molecule has 0 aliphatic rings. The topological polar surface area (TPSA) is 148 Å². The number of hydrogen-bond acceptors (Lipinski definition) is 7. The van der Waals surface area contributed by atoms with Crippen LogP contribution in [0.15, 0.2) is 42.5 Å². The molecule has 0 saturated heterocycles. The molecule has 2 aromatic rings. The highest BCUT2D eigenvalue weighted by Gasteiger charge is 2.27. The number of hydrogen-bond donors (Lipinski definition) is 2. The SMILES string of the molecule is CC[C@@H](C)NC(=O)c1ccccc1NC(=O)CN(c1cc([N+](=O)[O-])ccc1OC)S(C)(=O)=O. The van der Waals surface area contributed by atoms with Gasteiger partial charge in [-0.25, -0.2) is 8.42 Å². The molecule has 2 rings (SSSR count). The molecular weight excluding hydrogens is 452 g/mol. The van der Waals surface area contributed by atoms with E-state index in [-0.39, 0.29) is 40.3 Å². The Bertz CT molecular complexity index is 1150. The predicted molar refractivity (Wildman–Crippen MR) is 124 cm³/mol. The van der Waals surface area contributed by atoms with Gasteiger partial charge in [-0.1, -0.05) is 19.1 Å². The molecule has 2 aromatic carbocycles. The lowest BCUT2D eigenvalue weighted by Gasteiger charge is -2.24. The summed E-state index contributed by atoms with van der Waals surface area (Å²) in [6, 6.07) is 9.65. The van der Waals surface area contributed by atoms with Crippen molar-refractivity contribution in [3.8, 4) is 5.75 Å². The van der Waals surface area contributed by atoms with Gasteiger partial charge in [0, 0.05) is 18.2 Å². The van der Waals surface area contributed by atoms with Gasteiger partial charge < -0.3 is 15.4 Å². The third-order valence-electron chi connectivity index (χ3n) is 4.77. The van der Waals surface area contributed by atoms with Gasteiger partial charge in [-0.2, -0.15) is 0 Å². The second-order valence-corrected chi connectivity index (χ2v) is 9.17. The van der Waals surface area contributed by atoms with Crippen LogP contribution < -0.4 is 19.7 Å². The highest BCUT2D eigenvalue weighted by Crippen LogP contribution is 2.33. The molecule has 0 fully saturated rings. The second-order valence-electron chi connectivity index (χ2n) is 7.26. The summed E-state index contributed by atoms with van der Waals surface area (Å²) in [5, 5.41) is 16.5. The summed E-state index contributed by atoms with van der Waals surface area (Å²) < 4.78 is 30.8. The second kappa shape index (κ2) is 10.8. The number of benzene rings is 2. The van der Waals surface area contributed by atoms with Crippen LogP contribution in [0.4, 0.5) is 17.1 Å². The van der Waals surface area contributed by atoms with Crippen molar-refractivity contribution in [2.75, 3.05) is 29.5 Å². The zero-order valence-electron chi connectivity index (χ0n) is 18.7. The van der Waals surface area contributed by atoms with Gasteiger partial charge in [0.1, 0.15) is 18.0 Å². The number of anilines is 2. The van der Waals surface area contributed by atoms with Crippen LogP contribution in [0.25, 0.3) is 0 Å². The van der Waals surface area contributed by atoms with Crippen molar-refractivity contribution >= 4 is 38.9 Å². The number of non-ortho nitro benzene ring substituents is 1. The van der Waals surface area contributed by atoms with Crippen molar-refractivity contribution in [1.29, 1.82) is 0 Å². The lowest BCUT2D eigenvalue weighted by molar-refractivity contribution is -0.384.